The second kappa shape index (κ2) is 8.45. The van der Waals surface area contributed by atoms with Gasteiger partial charge in [-0.25, -0.2) is 0 Å². The summed E-state index contributed by atoms with van der Waals surface area (Å²) in [5, 5.41) is 13.8. The molecule has 1 amide bonds. The number of ether oxygens (including phenoxy) is 2. The average Bonchev–Trinajstić information content (AvgIpc) is 3.44. The molecule has 27 heavy (non-hydrogen) atoms. The summed E-state index contributed by atoms with van der Waals surface area (Å²) in [7, 11) is 0. The van der Waals surface area contributed by atoms with Crippen LogP contribution in [-0.4, -0.2) is 33.2 Å². The molecule has 1 aliphatic heterocycles. The first-order valence-corrected chi connectivity index (χ1v) is 10.3. The Bertz CT molecular complexity index is 911. The number of amides is 1. The highest BCUT2D eigenvalue weighted by molar-refractivity contribution is 7.99. The third-order valence-electron chi connectivity index (χ3n) is 4.02. The van der Waals surface area contributed by atoms with Gasteiger partial charge in [-0.2, -0.15) is 0 Å². The molecular weight excluding hydrogens is 384 g/mol. The molecule has 2 aromatic heterocycles. The van der Waals surface area contributed by atoms with Gasteiger partial charge < -0.3 is 19.4 Å². The third kappa shape index (κ3) is 4.61. The highest BCUT2D eigenvalue weighted by atomic mass is 32.2. The van der Waals surface area contributed by atoms with Crippen molar-refractivity contribution in [1.82, 2.24) is 20.1 Å². The topological polar surface area (TPSA) is 78.3 Å². The number of thiophene rings is 1. The van der Waals surface area contributed by atoms with Gasteiger partial charge in [0.05, 0.1) is 5.75 Å². The fourth-order valence-corrected chi connectivity index (χ4v) is 4.10. The van der Waals surface area contributed by atoms with Crippen molar-refractivity contribution in [2.75, 3.05) is 12.5 Å². The van der Waals surface area contributed by atoms with E-state index in [1.165, 1.54) is 16.6 Å². The van der Waals surface area contributed by atoms with Crippen molar-refractivity contribution in [3.8, 4) is 11.5 Å². The Kier molecular flexibility index (Phi) is 5.59. The molecule has 0 aliphatic carbocycles. The molecule has 140 valence electrons. The Morgan fingerprint density at radius 2 is 2.22 bits per heavy atom. The van der Waals surface area contributed by atoms with E-state index < -0.39 is 0 Å². The number of aromatic nitrogens is 3. The van der Waals surface area contributed by atoms with Gasteiger partial charge in [-0.3, -0.25) is 4.79 Å². The number of aryl methyl sites for hydroxylation is 2. The zero-order valence-electron chi connectivity index (χ0n) is 14.5. The number of carbonyl (C=O) groups is 1. The van der Waals surface area contributed by atoms with Gasteiger partial charge in [0.15, 0.2) is 16.7 Å². The van der Waals surface area contributed by atoms with Crippen molar-refractivity contribution in [3.05, 3.63) is 52.5 Å². The highest BCUT2D eigenvalue weighted by Crippen LogP contribution is 2.32. The van der Waals surface area contributed by atoms with E-state index in [1.807, 2.05) is 28.8 Å². The molecule has 0 saturated heterocycles. The molecule has 1 N–H and O–H groups in total. The number of nitrogens with one attached hydrogen (secondary N) is 1. The minimum atomic E-state index is -0.0505. The fourth-order valence-electron chi connectivity index (χ4n) is 2.63. The number of fused-ring (bicyclic) bond motifs is 1. The molecule has 4 rings (SSSR count). The predicted octanol–water partition coefficient (Wildman–Crippen LogP) is 2.72. The van der Waals surface area contributed by atoms with Crippen LogP contribution in [0.5, 0.6) is 11.5 Å². The molecule has 3 aromatic rings. The maximum absolute atomic E-state index is 12.2. The van der Waals surface area contributed by atoms with Gasteiger partial charge in [-0.1, -0.05) is 23.9 Å². The third-order valence-corrected chi connectivity index (χ3v) is 5.94. The van der Waals surface area contributed by atoms with Crippen LogP contribution in [0.3, 0.4) is 0 Å². The monoisotopic (exact) mass is 402 g/mol. The van der Waals surface area contributed by atoms with E-state index in [9.17, 15) is 4.79 Å². The van der Waals surface area contributed by atoms with Crippen molar-refractivity contribution in [1.29, 1.82) is 0 Å². The molecule has 1 aromatic carbocycles. The summed E-state index contributed by atoms with van der Waals surface area (Å²) in [5.74, 6) is 1.70. The lowest BCUT2D eigenvalue weighted by molar-refractivity contribution is -0.118. The van der Waals surface area contributed by atoms with Crippen LogP contribution in [-0.2, 0) is 24.3 Å². The number of benzene rings is 1. The SMILES string of the molecule is O=C(CSc1nncn1CCc1cccs1)NCc1ccc2c(c1)OCO2. The predicted molar refractivity (Wildman–Crippen MR) is 103 cm³/mol. The van der Waals surface area contributed by atoms with Crippen LogP contribution < -0.4 is 14.8 Å². The lowest BCUT2D eigenvalue weighted by atomic mass is 10.2. The first kappa shape index (κ1) is 17.9. The van der Waals surface area contributed by atoms with Crippen LogP contribution in [0.4, 0.5) is 0 Å². The second-order valence-electron chi connectivity index (χ2n) is 5.89. The number of hydrogen-bond donors (Lipinski definition) is 1. The van der Waals surface area contributed by atoms with Gasteiger partial charge in [0.25, 0.3) is 0 Å². The summed E-state index contributed by atoms with van der Waals surface area (Å²) in [6.07, 6.45) is 2.64. The van der Waals surface area contributed by atoms with E-state index in [0.717, 1.165) is 35.2 Å². The maximum atomic E-state index is 12.2. The Hall–Kier alpha value is -2.52. The van der Waals surface area contributed by atoms with Gasteiger partial charge >= 0.3 is 0 Å². The fraction of sp³-hybridized carbons (Fsp3) is 0.278. The van der Waals surface area contributed by atoms with Gasteiger partial charge in [-0.15, -0.1) is 21.5 Å². The van der Waals surface area contributed by atoms with Gasteiger partial charge in [-0.05, 0) is 35.6 Å². The Morgan fingerprint density at radius 1 is 1.30 bits per heavy atom. The minimum absolute atomic E-state index is 0.0505. The molecule has 3 heterocycles. The zero-order valence-corrected chi connectivity index (χ0v) is 16.1. The smallest absolute Gasteiger partial charge is 0.231 e. The molecule has 0 unspecified atom stereocenters. The number of carbonyl (C=O) groups excluding carboxylic acids is 1. The lowest BCUT2D eigenvalue weighted by Gasteiger charge is -2.07. The van der Waals surface area contributed by atoms with E-state index in [2.05, 4.69) is 27.0 Å². The number of nitrogens with zero attached hydrogens (tertiary/aromatic N) is 3. The Labute approximate surface area is 164 Å². The molecule has 0 bridgehead atoms. The summed E-state index contributed by atoms with van der Waals surface area (Å²) >= 11 is 3.13. The molecule has 0 radical (unpaired) electrons. The van der Waals surface area contributed by atoms with E-state index in [-0.39, 0.29) is 12.7 Å². The summed E-state index contributed by atoms with van der Waals surface area (Å²) in [6, 6.07) is 9.82. The van der Waals surface area contributed by atoms with Gasteiger partial charge in [0, 0.05) is 18.0 Å². The molecule has 9 heteroatoms. The maximum Gasteiger partial charge on any atom is 0.231 e. The van der Waals surface area contributed by atoms with E-state index in [0.29, 0.717) is 12.3 Å². The number of thioether (sulfide) groups is 1. The molecule has 0 saturated carbocycles. The standard InChI is InChI=1S/C18H18N4O3S2/c23-17(19-9-13-3-4-15-16(8-13)25-12-24-15)10-27-18-21-20-11-22(18)6-5-14-2-1-7-26-14/h1-4,7-8,11H,5-6,9-10,12H2,(H,19,23). The van der Waals surface area contributed by atoms with Crippen LogP contribution in [0.1, 0.15) is 10.4 Å². The Balaban J connectivity index is 1.24. The average molecular weight is 403 g/mol. The van der Waals surface area contributed by atoms with Crippen LogP contribution in [0, 0.1) is 0 Å². The molecular formula is C18H18N4O3S2. The van der Waals surface area contributed by atoms with Crippen molar-refractivity contribution in [2.45, 2.75) is 24.7 Å². The molecule has 0 spiro atoms. The molecule has 1 aliphatic rings. The summed E-state index contributed by atoms with van der Waals surface area (Å²) in [6.45, 7) is 1.49. The Morgan fingerprint density at radius 3 is 3.11 bits per heavy atom. The van der Waals surface area contributed by atoms with Crippen molar-refractivity contribution >= 4 is 29.0 Å². The van der Waals surface area contributed by atoms with Crippen molar-refractivity contribution in [2.24, 2.45) is 0 Å². The summed E-state index contributed by atoms with van der Waals surface area (Å²) in [4.78, 5) is 13.5. The summed E-state index contributed by atoms with van der Waals surface area (Å²) in [5.41, 5.74) is 0.969. The van der Waals surface area contributed by atoms with Crippen LogP contribution in [0.2, 0.25) is 0 Å². The lowest BCUT2D eigenvalue weighted by Crippen LogP contribution is -2.24. The summed E-state index contributed by atoms with van der Waals surface area (Å²) < 4.78 is 12.6. The first-order chi connectivity index (χ1) is 13.3. The quantitative estimate of drug-likeness (QED) is 0.584. The zero-order chi connectivity index (χ0) is 18.5. The van der Waals surface area contributed by atoms with E-state index >= 15 is 0 Å². The largest absolute Gasteiger partial charge is 0.454 e. The number of rotatable bonds is 8. The van der Waals surface area contributed by atoms with Crippen molar-refractivity contribution in [3.63, 3.8) is 0 Å². The van der Waals surface area contributed by atoms with E-state index in [4.69, 9.17) is 9.47 Å². The molecule has 7 nitrogen and oxygen atoms in total. The highest BCUT2D eigenvalue weighted by Gasteiger charge is 2.14. The van der Waals surface area contributed by atoms with Crippen LogP contribution in [0.25, 0.3) is 0 Å². The first-order valence-electron chi connectivity index (χ1n) is 8.46. The minimum Gasteiger partial charge on any atom is -0.454 e. The normalized spacial score (nSPS) is 12.3. The van der Waals surface area contributed by atoms with Crippen LogP contribution in [0.15, 0.2) is 47.2 Å². The second-order valence-corrected chi connectivity index (χ2v) is 7.86. The molecule has 0 fully saturated rings. The van der Waals surface area contributed by atoms with Crippen molar-refractivity contribution < 1.29 is 14.3 Å². The van der Waals surface area contributed by atoms with Gasteiger partial charge in [0.1, 0.15) is 6.33 Å². The number of hydrogen-bond acceptors (Lipinski definition) is 7. The van der Waals surface area contributed by atoms with Gasteiger partial charge in [0.2, 0.25) is 12.7 Å². The molecule has 0 atom stereocenters. The van der Waals surface area contributed by atoms with E-state index in [1.54, 1.807) is 17.7 Å². The van der Waals surface area contributed by atoms with Crippen LogP contribution >= 0.6 is 23.1 Å².